The topological polar surface area (TPSA) is 12.0 Å². The fourth-order valence-corrected chi connectivity index (χ4v) is 2.46. The molecule has 2 atom stereocenters. The minimum absolute atomic E-state index is 0.373. The highest BCUT2D eigenvalue weighted by molar-refractivity contribution is 5.22. The van der Waals surface area contributed by atoms with Gasteiger partial charge in [-0.3, -0.25) is 0 Å². The third kappa shape index (κ3) is 3.93. The molecule has 0 saturated carbocycles. The van der Waals surface area contributed by atoms with Crippen LogP contribution in [0.4, 0.5) is 0 Å². The molecule has 0 aliphatic carbocycles. The summed E-state index contributed by atoms with van der Waals surface area (Å²) in [6.07, 6.45) is 2.36. The Morgan fingerprint density at radius 1 is 0.842 bits per heavy atom. The maximum absolute atomic E-state index is 3.75. The summed E-state index contributed by atoms with van der Waals surface area (Å²) in [6.45, 7) is 4.48. The molecular weight excluding hydrogens is 230 g/mol. The molecule has 100 valence electrons. The predicted octanol–water partition coefficient (Wildman–Crippen LogP) is 4.88. The summed E-state index contributed by atoms with van der Waals surface area (Å²) in [5.74, 6) is 0. The van der Waals surface area contributed by atoms with Crippen molar-refractivity contribution in [3.05, 3.63) is 71.8 Å². The van der Waals surface area contributed by atoms with E-state index in [1.807, 2.05) is 0 Å². The number of benzene rings is 2. The molecule has 0 aromatic heterocycles. The maximum Gasteiger partial charge on any atom is 0.0325 e. The Morgan fingerprint density at radius 3 is 1.89 bits per heavy atom. The van der Waals surface area contributed by atoms with Crippen molar-refractivity contribution in [3.8, 4) is 0 Å². The molecule has 2 rings (SSSR count). The SMILES string of the molecule is CCC[C@H](N[C@@H](C)c1ccccc1)c1ccccc1. The molecule has 0 bridgehead atoms. The highest BCUT2D eigenvalue weighted by atomic mass is 14.9. The van der Waals surface area contributed by atoms with E-state index in [-0.39, 0.29) is 0 Å². The molecule has 0 aliphatic rings. The van der Waals surface area contributed by atoms with Gasteiger partial charge in [-0.15, -0.1) is 0 Å². The molecule has 0 aliphatic heterocycles. The monoisotopic (exact) mass is 253 g/mol. The predicted molar refractivity (Wildman–Crippen MR) is 82.1 cm³/mol. The zero-order chi connectivity index (χ0) is 13.5. The van der Waals surface area contributed by atoms with E-state index in [9.17, 15) is 0 Å². The van der Waals surface area contributed by atoms with Crippen LogP contribution in [0.15, 0.2) is 60.7 Å². The lowest BCUT2D eigenvalue weighted by Crippen LogP contribution is -2.24. The van der Waals surface area contributed by atoms with Crippen molar-refractivity contribution in [3.63, 3.8) is 0 Å². The molecule has 0 spiro atoms. The lowest BCUT2D eigenvalue weighted by Gasteiger charge is -2.24. The Balaban J connectivity index is 2.09. The standard InChI is InChI=1S/C18H23N/c1-3-10-18(17-13-8-5-9-14-17)19-15(2)16-11-6-4-7-12-16/h4-9,11-15,18-19H,3,10H2,1-2H3/t15-,18-/m0/s1. The minimum Gasteiger partial charge on any atom is -0.303 e. The Morgan fingerprint density at radius 2 is 1.37 bits per heavy atom. The third-order valence-electron chi connectivity index (χ3n) is 3.53. The zero-order valence-corrected chi connectivity index (χ0v) is 11.8. The van der Waals surface area contributed by atoms with Gasteiger partial charge in [-0.05, 0) is 24.5 Å². The van der Waals surface area contributed by atoms with Crippen LogP contribution in [0, 0.1) is 0 Å². The molecule has 0 unspecified atom stereocenters. The Hall–Kier alpha value is -1.60. The molecule has 0 radical (unpaired) electrons. The molecule has 0 fully saturated rings. The molecule has 1 N–H and O–H groups in total. The first-order valence-corrected chi connectivity index (χ1v) is 7.17. The van der Waals surface area contributed by atoms with Crippen LogP contribution in [0.2, 0.25) is 0 Å². The van der Waals surface area contributed by atoms with Crippen molar-refractivity contribution in [2.75, 3.05) is 0 Å². The summed E-state index contributed by atoms with van der Waals surface area (Å²) in [6, 6.07) is 22.2. The quantitative estimate of drug-likeness (QED) is 0.773. The smallest absolute Gasteiger partial charge is 0.0325 e. The van der Waals surface area contributed by atoms with Crippen LogP contribution in [0.5, 0.6) is 0 Å². The molecule has 1 nitrogen and oxygen atoms in total. The lowest BCUT2D eigenvalue weighted by molar-refractivity contribution is 0.439. The average molecular weight is 253 g/mol. The highest BCUT2D eigenvalue weighted by Crippen LogP contribution is 2.23. The van der Waals surface area contributed by atoms with Crippen LogP contribution >= 0.6 is 0 Å². The van der Waals surface area contributed by atoms with Gasteiger partial charge in [0.15, 0.2) is 0 Å². The molecule has 2 aromatic carbocycles. The second kappa shape index (κ2) is 7.10. The van der Waals surface area contributed by atoms with E-state index < -0.39 is 0 Å². The fraction of sp³-hybridized carbons (Fsp3) is 0.333. The Labute approximate surface area is 116 Å². The van der Waals surface area contributed by atoms with Crippen molar-refractivity contribution in [1.29, 1.82) is 0 Å². The van der Waals surface area contributed by atoms with Crippen molar-refractivity contribution < 1.29 is 0 Å². The van der Waals surface area contributed by atoms with Gasteiger partial charge in [0.25, 0.3) is 0 Å². The van der Waals surface area contributed by atoms with Gasteiger partial charge in [0.2, 0.25) is 0 Å². The summed E-state index contributed by atoms with van der Waals surface area (Å²) in [4.78, 5) is 0. The van der Waals surface area contributed by atoms with Crippen LogP contribution < -0.4 is 5.32 Å². The van der Waals surface area contributed by atoms with Gasteiger partial charge in [0.1, 0.15) is 0 Å². The maximum atomic E-state index is 3.75. The number of hydrogen-bond acceptors (Lipinski definition) is 1. The number of rotatable bonds is 6. The largest absolute Gasteiger partial charge is 0.303 e. The molecule has 2 aromatic rings. The van der Waals surface area contributed by atoms with Crippen LogP contribution in [0.3, 0.4) is 0 Å². The van der Waals surface area contributed by atoms with Crippen LogP contribution in [-0.4, -0.2) is 0 Å². The second-order valence-corrected chi connectivity index (χ2v) is 5.05. The van der Waals surface area contributed by atoms with Crippen molar-refractivity contribution in [2.45, 2.75) is 38.8 Å². The van der Waals surface area contributed by atoms with Gasteiger partial charge in [-0.1, -0.05) is 74.0 Å². The molecular formula is C18H23N. The highest BCUT2D eigenvalue weighted by Gasteiger charge is 2.14. The zero-order valence-electron chi connectivity index (χ0n) is 11.8. The Kier molecular flexibility index (Phi) is 5.17. The molecule has 0 saturated heterocycles. The Bertz CT molecular complexity index is 464. The first kappa shape index (κ1) is 13.8. The third-order valence-corrected chi connectivity index (χ3v) is 3.53. The first-order valence-electron chi connectivity index (χ1n) is 7.17. The molecule has 0 heterocycles. The number of nitrogens with one attached hydrogen (secondary N) is 1. The van der Waals surface area contributed by atoms with Gasteiger partial charge in [0.05, 0.1) is 0 Å². The summed E-state index contributed by atoms with van der Waals surface area (Å²) in [5, 5.41) is 3.75. The van der Waals surface area contributed by atoms with Gasteiger partial charge < -0.3 is 5.32 Å². The van der Waals surface area contributed by atoms with Crippen molar-refractivity contribution in [1.82, 2.24) is 5.32 Å². The van der Waals surface area contributed by atoms with Crippen LogP contribution in [-0.2, 0) is 0 Å². The van der Waals surface area contributed by atoms with E-state index in [0.717, 1.165) is 0 Å². The van der Waals surface area contributed by atoms with E-state index >= 15 is 0 Å². The van der Waals surface area contributed by atoms with Crippen LogP contribution in [0.1, 0.15) is 49.9 Å². The minimum atomic E-state index is 0.373. The van der Waals surface area contributed by atoms with Crippen molar-refractivity contribution >= 4 is 0 Å². The van der Waals surface area contributed by atoms with Crippen molar-refractivity contribution in [2.24, 2.45) is 0 Å². The normalized spacial score (nSPS) is 14.0. The van der Waals surface area contributed by atoms with Gasteiger partial charge >= 0.3 is 0 Å². The summed E-state index contributed by atoms with van der Waals surface area (Å²) < 4.78 is 0. The first-order chi connectivity index (χ1) is 9.31. The molecule has 1 heteroatoms. The molecule has 0 amide bonds. The summed E-state index contributed by atoms with van der Waals surface area (Å²) in [5.41, 5.74) is 2.73. The van der Waals surface area contributed by atoms with Gasteiger partial charge in [-0.25, -0.2) is 0 Å². The van der Waals surface area contributed by atoms with E-state index in [1.54, 1.807) is 0 Å². The van der Waals surface area contributed by atoms with Crippen LogP contribution in [0.25, 0.3) is 0 Å². The van der Waals surface area contributed by atoms with E-state index in [0.29, 0.717) is 12.1 Å². The molecule has 19 heavy (non-hydrogen) atoms. The lowest BCUT2D eigenvalue weighted by atomic mass is 10.00. The second-order valence-electron chi connectivity index (χ2n) is 5.05. The average Bonchev–Trinajstić information content (AvgIpc) is 2.48. The summed E-state index contributed by atoms with van der Waals surface area (Å²) >= 11 is 0. The fourth-order valence-electron chi connectivity index (χ4n) is 2.46. The number of hydrogen-bond donors (Lipinski definition) is 1. The summed E-state index contributed by atoms with van der Waals surface area (Å²) in [7, 11) is 0. The van der Waals surface area contributed by atoms with E-state index in [2.05, 4.69) is 79.8 Å². The van der Waals surface area contributed by atoms with Gasteiger partial charge in [-0.2, -0.15) is 0 Å². The van der Waals surface area contributed by atoms with E-state index in [1.165, 1.54) is 24.0 Å². The van der Waals surface area contributed by atoms with E-state index in [4.69, 9.17) is 0 Å². The van der Waals surface area contributed by atoms with Gasteiger partial charge in [0, 0.05) is 12.1 Å².